The second-order valence-corrected chi connectivity index (χ2v) is 4.37. The lowest BCUT2D eigenvalue weighted by Gasteiger charge is -2.13. The maximum atomic E-state index is 5.92. The van der Waals surface area contributed by atoms with E-state index in [2.05, 4.69) is 0 Å². The van der Waals surface area contributed by atoms with Gasteiger partial charge in [-0.1, -0.05) is 30.7 Å². The van der Waals surface area contributed by atoms with Gasteiger partial charge in [0.2, 0.25) is 0 Å². The average molecular weight is 244 g/mol. The van der Waals surface area contributed by atoms with Crippen LogP contribution in [0.1, 0.15) is 12.5 Å². The minimum Gasteiger partial charge on any atom is -0.496 e. The molecule has 2 N–H and O–H groups in total. The van der Waals surface area contributed by atoms with E-state index in [0.29, 0.717) is 10.0 Å². The topological polar surface area (TPSA) is 35.2 Å². The van der Waals surface area contributed by atoms with Crippen molar-refractivity contribution in [2.45, 2.75) is 13.3 Å². The van der Waals surface area contributed by atoms with Crippen molar-refractivity contribution in [1.82, 2.24) is 0 Å². The van der Waals surface area contributed by atoms with Gasteiger partial charge in [0.05, 0.1) is 12.1 Å². The van der Waals surface area contributed by atoms with Crippen molar-refractivity contribution in [3.05, 3.63) is 28.8 Å². The molecule has 1 atom stereocenters. The Morgan fingerprint density at radius 2 is 2.27 bits per heavy atom. The summed E-state index contributed by atoms with van der Waals surface area (Å²) in [4.78, 5) is 0.511. The highest BCUT2D eigenvalue weighted by molar-refractivity contribution is 7.80. The number of ether oxygens (including phenoxy) is 1. The van der Waals surface area contributed by atoms with Gasteiger partial charge >= 0.3 is 0 Å². The van der Waals surface area contributed by atoms with Crippen LogP contribution in [0.15, 0.2) is 18.2 Å². The predicted octanol–water partition coefficient (Wildman–Crippen LogP) is 2.81. The molecule has 0 fully saturated rings. The maximum Gasteiger partial charge on any atom is 0.122 e. The SMILES string of the molecule is COc1ccc(Cl)cc1CC(C)C(N)=S. The van der Waals surface area contributed by atoms with Crippen molar-refractivity contribution in [3.8, 4) is 5.75 Å². The molecule has 0 saturated heterocycles. The summed E-state index contributed by atoms with van der Waals surface area (Å²) >= 11 is 10.9. The number of rotatable bonds is 4. The maximum absolute atomic E-state index is 5.92. The van der Waals surface area contributed by atoms with Crippen molar-refractivity contribution in [2.24, 2.45) is 11.7 Å². The molecule has 0 aromatic heterocycles. The Bertz CT molecular complexity index is 368. The van der Waals surface area contributed by atoms with Gasteiger partial charge < -0.3 is 10.5 Å². The third kappa shape index (κ3) is 3.36. The molecule has 82 valence electrons. The van der Waals surface area contributed by atoms with E-state index in [1.54, 1.807) is 13.2 Å². The molecule has 0 aliphatic heterocycles. The predicted molar refractivity (Wildman–Crippen MR) is 67.7 cm³/mol. The summed E-state index contributed by atoms with van der Waals surface area (Å²) in [6, 6.07) is 5.54. The van der Waals surface area contributed by atoms with Crippen LogP contribution in [0, 0.1) is 5.92 Å². The van der Waals surface area contributed by atoms with E-state index in [0.717, 1.165) is 17.7 Å². The molecule has 2 nitrogen and oxygen atoms in total. The zero-order valence-electron chi connectivity index (χ0n) is 8.79. The molecule has 1 rings (SSSR count). The Labute approximate surface area is 100 Å². The Kier molecular flexibility index (Phi) is 4.36. The largest absolute Gasteiger partial charge is 0.496 e. The highest BCUT2D eigenvalue weighted by atomic mass is 35.5. The van der Waals surface area contributed by atoms with Gasteiger partial charge in [-0.2, -0.15) is 0 Å². The first-order chi connectivity index (χ1) is 7.04. The minimum atomic E-state index is 0.146. The minimum absolute atomic E-state index is 0.146. The molecule has 0 aliphatic rings. The lowest BCUT2D eigenvalue weighted by atomic mass is 10.0. The number of nitrogens with two attached hydrogens (primary N) is 1. The van der Waals surface area contributed by atoms with Gasteiger partial charge in [-0.15, -0.1) is 0 Å². The van der Waals surface area contributed by atoms with Crippen molar-refractivity contribution in [3.63, 3.8) is 0 Å². The summed E-state index contributed by atoms with van der Waals surface area (Å²) in [5.41, 5.74) is 6.60. The molecule has 0 amide bonds. The number of hydrogen-bond acceptors (Lipinski definition) is 2. The van der Waals surface area contributed by atoms with Gasteiger partial charge in [0.1, 0.15) is 5.75 Å². The molecular formula is C11H14ClNOS. The Hall–Kier alpha value is -0.800. The van der Waals surface area contributed by atoms with E-state index in [1.807, 2.05) is 19.1 Å². The third-order valence-electron chi connectivity index (χ3n) is 2.25. The van der Waals surface area contributed by atoms with Crippen molar-refractivity contribution in [1.29, 1.82) is 0 Å². The molecule has 1 unspecified atom stereocenters. The number of methoxy groups -OCH3 is 1. The average Bonchev–Trinajstić information content (AvgIpc) is 2.18. The van der Waals surface area contributed by atoms with Crippen LogP contribution in [-0.2, 0) is 6.42 Å². The lowest BCUT2D eigenvalue weighted by Crippen LogP contribution is -2.20. The van der Waals surface area contributed by atoms with Crippen LogP contribution in [0.3, 0.4) is 0 Å². The second-order valence-electron chi connectivity index (χ2n) is 3.46. The number of hydrogen-bond donors (Lipinski definition) is 1. The highest BCUT2D eigenvalue weighted by Gasteiger charge is 2.10. The fourth-order valence-corrected chi connectivity index (χ4v) is 1.62. The Balaban J connectivity index is 2.91. The van der Waals surface area contributed by atoms with E-state index >= 15 is 0 Å². The monoisotopic (exact) mass is 243 g/mol. The van der Waals surface area contributed by atoms with Crippen LogP contribution < -0.4 is 10.5 Å². The van der Waals surface area contributed by atoms with Gasteiger partial charge in [0, 0.05) is 10.9 Å². The van der Waals surface area contributed by atoms with Crippen LogP contribution in [0.4, 0.5) is 0 Å². The van der Waals surface area contributed by atoms with E-state index in [9.17, 15) is 0 Å². The van der Waals surface area contributed by atoms with Crippen LogP contribution in [0.25, 0.3) is 0 Å². The molecule has 0 heterocycles. The summed E-state index contributed by atoms with van der Waals surface area (Å²) in [6.07, 6.45) is 0.749. The van der Waals surface area contributed by atoms with Gasteiger partial charge in [-0.25, -0.2) is 0 Å². The third-order valence-corrected chi connectivity index (χ3v) is 2.89. The van der Waals surface area contributed by atoms with E-state index in [1.165, 1.54) is 0 Å². The molecular weight excluding hydrogens is 230 g/mol. The molecule has 4 heteroatoms. The van der Waals surface area contributed by atoms with Gasteiger partial charge in [0.15, 0.2) is 0 Å². The fourth-order valence-electron chi connectivity index (χ4n) is 1.34. The number of thiocarbonyl (C=S) groups is 1. The van der Waals surface area contributed by atoms with Gasteiger partial charge in [0.25, 0.3) is 0 Å². The number of halogens is 1. The van der Waals surface area contributed by atoms with Crippen LogP contribution in [0.2, 0.25) is 5.02 Å². The molecule has 15 heavy (non-hydrogen) atoms. The Morgan fingerprint density at radius 3 is 2.80 bits per heavy atom. The molecule has 0 aliphatic carbocycles. The van der Waals surface area contributed by atoms with Gasteiger partial charge in [-0.3, -0.25) is 0 Å². The van der Waals surface area contributed by atoms with Crippen molar-refractivity contribution >= 4 is 28.8 Å². The van der Waals surface area contributed by atoms with Gasteiger partial charge in [-0.05, 0) is 30.2 Å². The fraction of sp³-hybridized carbons (Fsp3) is 0.364. The first kappa shape index (κ1) is 12.3. The first-order valence-corrected chi connectivity index (χ1v) is 5.45. The van der Waals surface area contributed by atoms with Crippen LogP contribution in [0.5, 0.6) is 5.75 Å². The van der Waals surface area contributed by atoms with Crippen molar-refractivity contribution < 1.29 is 4.74 Å². The lowest BCUT2D eigenvalue weighted by molar-refractivity contribution is 0.408. The normalized spacial score (nSPS) is 12.2. The molecule has 0 bridgehead atoms. The molecule has 0 radical (unpaired) electrons. The summed E-state index contributed by atoms with van der Waals surface area (Å²) in [6.45, 7) is 1.99. The van der Waals surface area contributed by atoms with Crippen LogP contribution >= 0.6 is 23.8 Å². The summed E-state index contributed by atoms with van der Waals surface area (Å²) in [5, 5.41) is 0.695. The summed E-state index contributed by atoms with van der Waals surface area (Å²) in [5.74, 6) is 0.967. The highest BCUT2D eigenvalue weighted by Crippen LogP contribution is 2.25. The van der Waals surface area contributed by atoms with Crippen molar-refractivity contribution in [2.75, 3.05) is 7.11 Å². The standard InChI is InChI=1S/C11H14ClNOS/c1-7(11(13)15)5-8-6-9(12)3-4-10(8)14-2/h3-4,6-7H,5H2,1-2H3,(H2,13,15). The van der Waals surface area contributed by atoms with E-state index in [4.69, 9.17) is 34.3 Å². The first-order valence-electron chi connectivity index (χ1n) is 4.66. The van der Waals surface area contributed by atoms with E-state index < -0.39 is 0 Å². The Morgan fingerprint density at radius 1 is 1.60 bits per heavy atom. The smallest absolute Gasteiger partial charge is 0.122 e. The molecule has 0 saturated carbocycles. The van der Waals surface area contributed by atoms with Crippen LogP contribution in [-0.4, -0.2) is 12.1 Å². The summed E-state index contributed by atoms with van der Waals surface area (Å²) in [7, 11) is 1.64. The zero-order chi connectivity index (χ0) is 11.4. The molecule has 1 aromatic carbocycles. The zero-order valence-corrected chi connectivity index (χ0v) is 10.4. The quantitative estimate of drug-likeness (QED) is 0.826. The second kappa shape index (κ2) is 5.33. The molecule has 0 spiro atoms. The summed E-state index contributed by atoms with van der Waals surface area (Å²) < 4.78 is 5.24. The van der Waals surface area contributed by atoms with E-state index in [-0.39, 0.29) is 5.92 Å². The molecule has 1 aromatic rings. The number of benzene rings is 1.